The number of ether oxygens (including phenoxy) is 4. The number of fused-ring (bicyclic) bond motifs is 1. The van der Waals surface area contributed by atoms with Crippen LogP contribution < -0.4 is 14.2 Å². The van der Waals surface area contributed by atoms with Crippen molar-refractivity contribution in [3.8, 4) is 11.5 Å². The van der Waals surface area contributed by atoms with Gasteiger partial charge in [-0.25, -0.2) is 8.42 Å². The van der Waals surface area contributed by atoms with E-state index in [2.05, 4.69) is 9.64 Å². The summed E-state index contributed by atoms with van der Waals surface area (Å²) in [6.45, 7) is -0.579. The predicted molar refractivity (Wildman–Crippen MR) is 194 cm³/mol. The van der Waals surface area contributed by atoms with Crippen molar-refractivity contribution in [2.75, 3.05) is 58.8 Å². The summed E-state index contributed by atoms with van der Waals surface area (Å²) in [4.78, 5) is 43.3. The van der Waals surface area contributed by atoms with Crippen molar-refractivity contribution in [2.45, 2.75) is 38.5 Å². The summed E-state index contributed by atoms with van der Waals surface area (Å²) in [7, 11) is -3.64. The van der Waals surface area contributed by atoms with Gasteiger partial charge in [-0.1, -0.05) is 35.3 Å². The lowest BCUT2D eigenvalue weighted by Gasteiger charge is -2.29. The number of carbonyl (C=O) groups excluding carboxylic acids is 3. The van der Waals surface area contributed by atoms with Gasteiger partial charge < -0.3 is 24.2 Å². The van der Waals surface area contributed by atoms with Gasteiger partial charge in [0.15, 0.2) is 23.9 Å². The number of halogens is 4. The van der Waals surface area contributed by atoms with Crippen molar-refractivity contribution in [1.82, 2.24) is 14.1 Å². The molecule has 3 aliphatic rings. The van der Waals surface area contributed by atoms with Crippen LogP contribution in [0.3, 0.4) is 0 Å². The Morgan fingerprint density at radius 1 is 1.04 bits per heavy atom. The van der Waals surface area contributed by atoms with Crippen LogP contribution in [0.2, 0.25) is 10.0 Å². The van der Waals surface area contributed by atoms with E-state index in [1.807, 2.05) is 0 Å². The predicted octanol–water partition coefficient (Wildman–Crippen LogP) is 4.23. The highest BCUT2D eigenvalue weighted by Gasteiger charge is 2.38. The number of imide groups is 1. The molecule has 1 aliphatic carbocycles. The molecule has 1 aromatic heterocycles. The molecule has 1 saturated heterocycles. The van der Waals surface area contributed by atoms with Crippen LogP contribution in [0.4, 0.5) is 8.78 Å². The number of alkyl halides is 2. The molecule has 2 fully saturated rings. The minimum Gasteiger partial charge on any atom is -0.619 e. The Kier molecular flexibility index (Phi) is 12.8. The van der Waals surface area contributed by atoms with Crippen LogP contribution in [0.5, 0.6) is 11.5 Å². The SMILES string of the molecule is CS(=O)(=O)N(CCN1CCOCC1)Cc1ccc2c(c1)C(=O)N(CC(=O)O[C@@H](Cc1c(Cl)c[n+]([O-])cc1Cl)c1ccc(OC(F)F)c(OCC3CC3)c1)C2=O. The summed E-state index contributed by atoms with van der Waals surface area (Å²) in [5.74, 6) is -2.57. The number of pyridine rings is 1. The number of benzene rings is 2. The fourth-order valence-corrected chi connectivity index (χ4v) is 7.61. The van der Waals surface area contributed by atoms with Gasteiger partial charge in [0.2, 0.25) is 10.0 Å². The molecule has 0 unspecified atom stereocenters. The molecule has 0 spiro atoms. The third-order valence-corrected chi connectivity index (χ3v) is 11.3. The van der Waals surface area contributed by atoms with Crippen LogP contribution in [0.1, 0.15) is 56.4 Å². The van der Waals surface area contributed by atoms with Gasteiger partial charge in [0.05, 0.1) is 37.2 Å². The zero-order chi connectivity index (χ0) is 39.4. The summed E-state index contributed by atoms with van der Waals surface area (Å²) in [6, 6.07) is 8.39. The lowest BCUT2D eigenvalue weighted by Crippen LogP contribution is -2.42. The summed E-state index contributed by atoms with van der Waals surface area (Å²) in [5.41, 5.74) is 0.963. The van der Waals surface area contributed by atoms with Gasteiger partial charge >= 0.3 is 12.6 Å². The van der Waals surface area contributed by atoms with E-state index in [0.717, 1.165) is 31.5 Å². The molecule has 3 heterocycles. The molecule has 2 aromatic carbocycles. The molecule has 3 aromatic rings. The van der Waals surface area contributed by atoms with Crippen molar-refractivity contribution in [2.24, 2.45) is 5.92 Å². The molecule has 296 valence electrons. The van der Waals surface area contributed by atoms with E-state index in [-0.39, 0.29) is 75.8 Å². The topological polar surface area (TPSA) is 159 Å². The average molecular weight is 828 g/mol. The first-order chi connectivity index (χ1) is 26.2. The fraction of sp³-hybridized carbons (Fsp3) is 0.444. The quantitative estimate of drug-likeness (QED) is 0.0830. The highest BCUT2D eigenvalue weighted by molar-refractivity contribution is 7.88. The van der Waals surface area contributed by atoms with Crippen molar-refractivity contribution >= 4 is 51.0 Å². The first kappa shape index (κ1) is 40.5. The summed E-state index contributed by atoms with van der Waals surface area (Å²) in [6.07, 6.45) is 3.62. The Bertz CT molecular complexity index is 2030. The molecule has 0 radical (unpaired) electrons. The molecular formula is C36H38Cl2F2N4O10S. The number of aromatic nitrogens is 1. The molecule has 6 rings (SSSR count). The van der Waals surface area contributed by atoms with Gasteiger partial charge in [-0.15, -0.1) is 0 Å². The second-order valence-corrected chi connectivity index (χ2v) is 16.2. The Hall–Kier alpha value is -4.13. The van der Waals surface area contributed by atoms with Crippen LogP contribution in [-0.4, -0.2) is 106 Å². The highest BCUT2D eigenvalue weighted by Crippen LogP contribution is 2.38. The molecule has 2 amide bonds. The molecule has 0 bridgehead atoms. The van der Waals surface area contributed by atoms with Crippen molar-refractivity contribution in [3.05, 3.63) is 91.9 Å². The Labute approximate surface area is 326 Å². The van der Waals surface area contributed by atoms with Crippen molar-refractivity contribution in [1.29, 1.82) is 0 Å². The van der Waals surface area contributed by atoms with E-state index < -0.39 is 47.1 Å². The standard InChI is InChI=1S/C36H38Cl2F2N4O10S/c1-55(49,50)43(9-8-41-10-12-51-13-11-41)17-23-4-6-25-26(14-23)35(47)44(34(25)46)20-33(45)53-31(16-27-28(37)18-42(48)19-29(27)38)24-5-7-30(54-36(39)40)32(15-24)52-21-22-2-3-22/h4-7,14-15,18-19,22,31,36H,2-3,8-13,16-17,20-21H2,1H3/t31-/m0/s1. The number of nitrogens with zero attached hydrogens (tertiary/aromatic N) is 4. The minimum atomic E-state index is -3.64. The van der Waals surface area contributed by atoms with Crippen molar-refractivity contribution < 1.29 is 55.3 Å². The number of hydrogen-bond donors (Lipinski definition) is 0. The maximum Gasteiger partial charge on any atom is 0.387 e. The maximum absolute atomic E-state index is 13.6. The number of sulfonamides is 1. The maximum atomic E-state index is 13.6. The molecule has 2 aliphatic heterocycles. The molecule has 19 heteroatoms. The smallest absolute Gasteiger partial charge is 0.387 e. The lowest BCUT2D eigenvalue weighted by molar-refractivity contribution is -0.605. The lowest BCUT2D eigenvalue weighted by atomic mass is 10.0. The molecule has 55 heavy (non-hydrogen) atoms. The van der Waals surface area contributed by atoms with E-state index in [4.69, 9.17) is 37.4 Å². The number of amides is 2. The second-order valence-electron chi connectivity index (χ2n) is 13.4. The highest BCUT2D eigenvalue weighted by atomic mass is 35.5. The Morgan fingerprint density at radius 3 is 2.38 bits per heavy atom. The second kappa shape index (κ2) is 17.3. The third-order valence-electron chi connectivity index (χ3n) is 9.37. The number of morpholine rings is 1. The van der Waals surface area contributed by atoms with Gasteiger partial charge in [-0.05, 0) is 54.2 Å². The van der Waals surface area contributed by atoms with E-state index >= 15 is 0 Å². The van der Waals surface area contributed by atoms with E-state index in [0.29, 0.717) is 48.0 Å². The van der Waals surface area contributed by atoms with Gasteiger partial charge in [-0.3, -0.25) is 24.2 Å². The van der Waals surface area contributed by atoms with Gasteiger partial charge in [0.1, 0.15) is 22.7 Å². The normalized spacial score (nSPS) is 16.8. The van der Waals surface area contributed by atoms with Crippen molar-refractivity contribution in [3.63, 3.8) is 0 Å². The first-order valence-corrected chi connectivity index (χ1v) is 20.0. The molecule has 14 nitrogen and oxygen atoms in total. The summed E-state index contributed by atoms with van der Waals surface area (Å²) in [5, 5.41) is 11.8. The van der Waals surface area contributed by atoms with Crippen LogP contribution in [0, 0.1) is 11.1 Å². The number of esters is 1. The fourth-order valence-electron chi connectivity index (χ4n) is 6.21. The van der Waals surface area contributed by atoms with E-state index in [1.165, 1.54) is 34.6 Å². The van der Waals surface area contributed by atoms with Gasteiger partial charge in [0.25, 0.3) is 11.8 Å². The Morgan fingerprint density at radius 2 is 1.73 bits per heavy atom. The first-order valence-electron chi connectivity index (χ1n) is 17.4. The molecule has 1 atom stereocenters. The van der Waals surface area contributed by atoms with Crippen LogP contribution in [-0.2, 0) is 37.3 Å². The summed E-state index contributed by atoms with van der Waals surface area (Å²) >= 11 is 12.7. The average Bonchev–Trinajstić information content (AvgIpc) is 3.93. The number of rotatable bonds is 17. The monoisotopic (exact) mass is 826 g/mol. The number of hydrogen-bond acceptors (Lipinski definition) is 11. The zero-order valence-corrected chi connectivity index (χ0v) is 32.0. The minimum absolute atomic E-state index is 0.00526. The molecular weight excluding hydrogens is 789 g/mol. The van der Waals surface area contributed by atoms with Gasteiger partial charge in [-0.2, -0.15) is 17.8 Å². The van der Waals surface area contributed by atoms with Gasteiger partial charge in [0, 0.05) is 44.7 Å². The molecule has 1 saturated carbocycles. The number of carbonyl (C=O) groups is 3. The van der Waals surface area contributed by atoms with Crippen LogP contribution in [0.25, 0.3) is 0 Å². The third kappa shape index (κ3) is 10.4. The zero-order valence-electron chi connectivity index (χ0n) is 29.6. The molecule has 0 N–H and O–H groups in total. The summed E-state index contributed by atoms with van der Waals surface area (Å²) < 4.78 is 75.1. The van der Waals surface area contributed by atoms with Crippen LogP contribution in [0.15, 0.2) is 48.8 Å². The van der Waals surface area contributed by atoms with Crippen LogP contribution >= 0.6 is 23.2 Å². The van der Waals surface area contributed by atoms with E-state index in [1.54, 1.807) is 6.07 Å². The largest absolute Gasteiger partial charge is 0.619 e. The van der Waals surface area contributed by atoms with E-state index in [9.17, 15) is 36.8 Å². The Balaban J connectivity index is 1.20.